The Balaban J connectivity index is 1.39. The molecule has 0 N–H and O–H groups in total. The van der Waals surface area contributed by atoms with E-state index >= 15 is 0 Å². The van der Waals surface area contributed by atoms with Gasteiger partial charge in [0.15, 0.2) is 5.82 Å². The van der Waals surface area contributed by atoms with Crippen LogP contribution in [0.4, 0.5) is 0 Å². The summed E-state index contributed by atoms with van der Waals surface area (Å²) in [6.45, 7) is 5.36. The first-order chi connectivity index (χ1) is 14.0. The molecule has 1 aromatic heterocycles. The highest BCUT2D eigenvalue weighted by Gasteiger charge is 2.25. The number of piperazine rings is 1. The molecular weight excluding hydrogens is 411 g/mol. The SMILES string of the molecule is Cc1ccc(-n2nnnc2CN2CCN(C(=O)c3ccc(Cl)cc3Cl)CC2)cc1. The lowest BCUT2D eigenvalue weighted by molar-refractivity contribution is 0.0624. The number of hydrogen-bond acceptors (Lipinski definition) is 5. The van der Waals surface area contributed by atoms with Crippen LogP contribution in [-0.2, 0) is 6.54 Å². The summed E-state index contributed by atoms with van der Waals surface area (Å²) in [5.74, 6) is 0.699. The summed E-state index contributed by atoms with van der Waals surface area (Å²) in [5, 5.41) is 13.0. The molecule has 1 fully saturated rings. The van der Waals surface area contributed by atoms with Crippen molar-refractivity contribution >= 4 is 29.1 Å². The summed E-state index contributed by atoms with van der Waals surface area (Å²) in [4.78, 5) is 16.8. The highest BCUT2D eigenvalue weighted by molar-refractivity contribution is 6.36. The zero-order valence-electron chi connectivity index (χ0n) is 15.9. The van der Waals surface area contributed by atoms with E-state index in [1.165, 1.54) is 5.56 Å². The average molecular weight is 431 g/mol. The van der Waals surface area contributed by atoms with Gasteiger partial charge in [-0.25, -0.2) is 0 Å². The maximum Gasteiger partial charge on any atom is 0.255 e. The van der Waals surface area contributed by atoms with Crippen molar-refractivity contribution < 1.29 is 4.79 Å². The number of amides is 1. The largest absolute Gasteiger partial charge is 0.336 e. The molecule has 1 aliphatic rings. The van der Waals surface area contributed by atoms with Gasteiger partial charge in [-0.05, 0) is 47.7 Å². The van der Waals surface area contributed by atoms with Gasteiger partial charge in [0.05, 0.1) is 22.8 Å². The van der Waals surface area contributed by atoms with E-state index in [2.05, 4.69) is 20.4 Å². The van der Waals surface area contributed by atoms with E-state index < -0.39 is 0 Å². The van der Waals surface area contributed by atoms with Gasteiger partial charge in [0.25, 0.3) is 5.91 Å². The Labute approximate surface area is 178 Å². The molecule has 0 spiro atoms. The topological polar surface area (TPSA) is 67.2 Å². The molecule has 1 saturated heterocycles. The van der Waals surface area contributed by atoms with E-state index in [-0.39, 0.29) is 5.91 Å². The first-order valence-corrected chi connectivity index (χ1v) is 10.1. The lowest BCUT2D eigenvalue weighted by Gasteiger charge is -2.34. The highest BCUT2D eigenvalue weighted by Crippen LogP contribution is 2.23. The van der Waals surface area contributed by atoms with Gasteiger partial charge in [-0.3, -0.25) is 9.69 Å². The van der Waals surface area contributed by atoms with Crippen molar-refractivity contribution in [1.82, 2.24) is 30.0 Å². The smallest absolute Gasteiger partial charge is 0.255 e. The van der Waals surface area contributed by atoms with Crippen LogP contribution in [0.15, 0.2) is 42.5 Å². The average Bonchev–Trinajstić information content (AvgIpc) is 3.17. The minimum atomic E-state index is -0.0733. The predicted molar refractivity (Wildman–Crippen MR) is 112 cm³/mol. The summed E-state index contributed by atoms with van der Waals surface area (Å²) in [6.07, 6.45) is 0. The van der Waals surface area contributed by atoms with Crippen LogP contribution in [0.1, 0.15) is 21.7 Å². The molecular formula is C20H20Cl2N6O. The fraction of sp³-hybridized carbons (Fsp3) is 0.300. The van der Waals surface area contributed by atoms with Crippen molar-refractivity contribution in [3.8, 4) is 5.69 Å². The molecule has 150 valence electrons. The maximum absolute atomic E-state index is 12.8. The third-order valence-corrected chi connectivity index (χ3v) is 5.55. The second-order valence-corrected chi connectivity index (χ2v) is 7.88. The van der Waals surface area contributed by atoms with Crippen LogP contribution in [0.2, 0.25) is 10.0 Å². The van der Waals surface area contributed by atoms with Gasteiger partial charge < -0.3 is 4.90 Å². The number of rotatable bonds is 4. The summed E-state index contributed by atoms with van der Waals surface area (Å²) < 4.78 is 1.75. The number of halogens is 2. The number of benzene rings is 2. The number of aryl methyl sites for hydroxylation is 1. The Morgan fingerprint density at radius 2 is 1.76 bits per heavy atom. The van der Waals surface area contributed by atoms with Crippen LogP contribution < -0.4 is 0 Å². The lowest BCUT2D eigenvalue weighted by atomic mass is 10.1. The Kier molecular flexibility index (Phi) is 5.80. The lowest BCUT2D eigenvalue weighted by Crippen LogP contribution is -2.48. The fourth-order valence-electron chi connectivity index (χ4n) is 3.33. The Morgan fingerprint density at radius 3 is 2.45 bits per heavy atom. The van der Waals surface area contributed by atoms with Crippen LogP contribution in [0.25, 0.3) is 5.69 Å². The quantitative estimate of drug-likeness (QED) is 0.635. The first kappa shape index (κ1) is 19.8. The van der Waals surface area contributed by atoms with Crippen molar-refractivity contribution in [2.24, 2.45) is 0 Å². The standard InChI is InChI=1S/C20H20Cl2N6O/c1-14-2-5-16(6-3-14)28-19(23-24-25-28)13-26-8-10-27(11-9-26)20(29)17-7-4-15(21)12-18(17)22/h2-7,12H,8-11,13H2,1H3. The highest BCUT2D eigenvalue weighted by atomic mass is 35.5. The number of hydrogen-bond donors (Lipinski definition) is 0. The summed E-state index contributed by atoms with van der Waals surface area (Å²) in [6, 6.07) is 13.0. The van der Waals surface area contributed by atoms with Gasteiger partial charge in [-0.1, -0.05) is 40.9 Å². The molecule has 3 aromatic rings. The van der Waals surface area contributed by atoms with Crippen molar-refractivity contribution in [2.75, 3.05) is 26.2 Å². The number of aromatic nitrogens is 4. The summed E-state index contributed by atoms with van der Waals surface area (Å²) in [7, 11) is 0. The maximum atomic E-state index is 12.8. The summed E-state index contributed by atoms with van der Waals surface area (Å²) >= 11 is 12.1. The van der Waals surface area contributed by atoms with Crippen LogP contribution >= 0.6 is 23.2 Å². The molecule has 0 atom stereocenters. The van der Waals surface area contributed by atoms with Crippen LogP contribution in [-0.4, -0.2) is 62.1 Å². The molecule has 4 rings (SSSR count). The van der Waals surface area contributed by atoms with Crippen molar-refractivity contribution in [1.29, 1.82) is 0 Å². The summed E-state index contributed by atoms with van der Waals surface area (Å²) in [5.41, 5.74) is 2.60. The van der Waals surface area contributed by atoms with E-state index in [0.717, 1.165) is 24.6 Å². The van der Waals surface area contributed by atoms with E-state index in [0.29, 0.717) is 35.2 Å². The second kappa shape index (κ2) is 8.49. The molecule has 2 heterocycles. The zero-order valence-corrected chi connectivity index (χ0v) is 17.4. The molecule has 0 saturated carbocycles. The van der Waals surface area contributed by atoms with Gasteiger partial charge in [0, 0.05) is 31.2 Å². The molecule has 9 heteroatoms. The molecule has 7 nitrogen and oxygen atoms in total. The second-order valence-electron chi connectivity index (χ2n) is 7.03. The van der Waals surface area contributed by atoms with Gasteiger partial charge >= 0.3 is 0 Å². The van der Waals surface area contributed by atoms with E-state index in [1.807, 2.05) is 36.1 Å². The number of carbonyl (C=O) groups is 1. The van der Waals surface area contributed by atoms with Gasteiger partial charge in [0.2, 0.25) is 0 Å². The van der Waals surface area contributed by atoms with Crippen LogP contribution in [0.3, 0.4) is 0 Å². The van der Waals surface area contributed by atoms with Gasteiger partial charge in [0.1, 0.15) is 0 Å². The monoisotopic (exact) mass is 430 g/mol. The number of tetrazole rings is 1. The molecule has 0 radical (unpaired) electrons. The molecule has 0 aliphatic carbocycles. The Hall–Kier alpha value is -2.48. The minimum absolute atomic E-state index is 0.0733. The first-order valence-electron chi connectivity index (χ1n) is 9.32. The fourth-order valence-corrected chi connectivity index (χ4v) is 3.82. The van der Waals surface area contributed by atoms with Crippen molar-refractivity contribution in [2.45, 2.75) is 13.5 Å². The van der Waals surface area contributed by atoms with E-state index in [4.69, 9.17) is 23.2 Å². The van der Waals surface area contributed by atoms with Crippen LogP contribution in [0.5, 0.6) is 0 Å². The number of nitrogens with zero attached hydrogens (tertiary/aromatic N) is 6. The third kappa shape index (κ3) is 4.42. The normalized spacial score (nSPS) is 14.9. The van der Waals surface area contributed by atoms with Gasteiger partial charge in [-0.15, -0.1) is 5.10 Å². The molecule has 0 unspecified atom stereocenters. The number of carbonyl (C=O) groups excluding carboxylic acids is 1. The van der Waals surface area contributed by atoms with Gasteiger partial charge in [-0.2, -0.15) is 4.68 Å². The molecule has 1 aliphatic heterocycles. The third-order valence-electron chi connectivity index (χ3n) is 5.00. The minimum Gasteiger partial charge on any atom is -0.336 e. The molecule has 29 heavy (non-hydrogen) atoms. The molecule has 2 aromatic carbocycles. The Bertz CT molecular complexity index is 1010. The zero-order chi connectivity index (χ0) is 20.4. The van der Waals surface area contributed by atoms with Crippen LogP contribution in [0, 0.1) is 6.92 Å². The van der Waals surface area contributed by atoms with Crippen molar-refractivity contribution in [3.63, 3.8) is 0 Å². The molecule has 1 amide bonds. The van der Waals surface area contributed by atoms with E-state index in [1.54, 1.807) is 22.9 Å². The van der Waals surface area contributed by atoms with Crippen molar-refractivity contribution in [3.05, 3.63) is 69.5 Å². The van der Waals surface area contributed by atoms with E-state index in [9.17, 15) is 4.79 Å². The molecule has 0 bridgehead atoms. The predicted octanol–water partition coefficient (Wildman–Crippen LogP) is 3.24. The Morgan fingerprint density at radius 1 is 1.03 bits per heavy atom.